The van der Waals surface area contributed by atoms with Gasteiger partial charge in [-0.1, -0.05) is 46.3 Å². The molecule has 0 fully saturated rings. The Balaban J connectivity index is 1.44. The number of amides is 2. The third-order valence-corrected chi connectivity index (χ3v) is 6.01. The van der Waals surface area contributed by atoms with Crippen molar-refractivity contribution in [2.24, 2.45) is 0 Å². The number of hydrogen-bond acceptors (Lipinski definition) is 4. The van der Waals surface area contributed by atoms with E-state index in [1.807, 2.05) is 49.4 Å². The lowest BCUT2D eigenvalue weighted by Crippen LogP contribution is -2.43. The van der Waals surface area contributed by atoms with Gasteiger partial charge in [0.1, 0.15) is 11.5 Å². The van der Waals surface area contributed by atoms with Crippen LogP contribution in [0.4, 0.5) is 0 Å². The molecule has 0 aliphatic carbocycles. The topological polar surface area (TPSA) is 76.7 Å². The van der Waals surface area contributed by atoms with E-state index in [2.05, 4.69) is 42.7 Å². The third kappa shape index (κ3) is 7.10. The van der Waals surface area contributed by atoms with Gasteiger partial charge in [-0.3, -0.25) is 20.4 Å². The summed E-state index contributed by atoms with van der Waals surface area (Å²) in [6, 6.07) is 20.4. The van der Waals surface area contributed by atoms with Gasteiger partial charge >= 0.3 is 0 Å². The van der Waals surface area contributed by atoms with Crippen LogP contribution in [0.15, 0.2) is 75.7 Å². The quantitative estimate of drug-likeness (QED) is 0.380. The Hall–Kier alpha value is -2.84. The number of halogens is 2. The van der Waals surface area contributed by atoms with E-state index in [0.29, 0.717) is 28.1 Å². The van der Waals surface area contributed by atoms with Crippen LogP contribution in [0.2, 0.25) is 0 Å². The minimum atomic E-state index is -0.473. The number of hydrazine groups is 1. The van der Waals surface area contributed by atoms with Crippen molar-refractivity contribution in [3.05, 3.63) is 92.4 Å². The molecule has 0 unspecified atom stereocenters. The lowest BCUT2D eigenvalue weighted by Gasteiger charge is -2.11. The average Bonchev–Trinajstić information content (AvgIpc) is 2.80. The maximum atomic E-state index is 12.3. The smallest absolute Gasteiger partial charge is 0.276 e. The van der Waals surface area contributed by atoms with Crippen molar-refractivity contribution in [1.82, 2.24) is 10.9 Å². The molecule has 0 saturated carbocycles. The van der Waals surface area contributed by atoms with Crippen LogP contribution in [0.25, 0.3) is 0 Å². The molecule has 0 bridgehead atoms. The number of benzene rings is 3. The lowest BCUT2D eigenvalue weighted by atomic mass is 10.2. The molecule has 0 atom stereocenters. The van der Waals surface area contributed by atoms with Gasteiger partial charge in [-0.25, -0.2) is 0 Å². The molecule has 0 aliphatic heterocycles. The molecule has 6 nitrogen and oxygen atoms in total. The van der Waals surface area contributed by atoms with Crippen LogP contribution in [0.5, 0.6) is 11.5 Å². The Morgan fingerprint density at radius 1 is 0.875 bits per heavy atom. The zero-order valence-corrected chi connectivity index (χ0v) is 20.5. The maximum Gasteiger partial charge on any atom is 0.276 e. The van der Waals surface area contributed by atoms with Gasteiger partial charge in [0.05, 0.1) is 11.1 Å². The SMILES string of the molecule is Cc1cc(OCC(=O)NNC(=O)c2ccc(OCCc3ccccc3)c(Br)c2)ccc1Br. The number of rotatable bonds is 8. The van der Waals surface area contributed by atoms with Crippen LogP contribution in [0, 0.1) is 6.92 Å². The van der Waals surface area contributed by atoms with Crippen LogP contribution < -0.4 is 20.3 Å². The molecule has 3 aromatic carbocycles. The van der Waals surface area contributed by atoms with Gasteiger partial charge in [-0.2, -0.15) is 0 Å². The highest BCUT2D eigenvalue weighted by Gasteiger charge is 2.11. The molecule has 0 heterocycles. The van der Waals surface area contributed by atoms with Gasteiger partial charge in [0.25, 0.3) is 11.8 Å². The molecular weight excluding hydrogens is 540 g/mol. The minimum absolute atomic E-state index is 0.223. The predicted octanol–water partition coefficient (Wildman–Crippen LogP) is 4.98. The molecule has 0 spiro atoms. The average molecular weight is 562 g/mol. The fourth-order valence-electron chi connectivity index (χ4n) is 2.77. The second-order valence-electron chi connectivity index (χ2n) is 6.93. The first-order valence-electron chi connectivity index (χ1n) is 9.87. The normalized spacial score (nSPS) is 10.3. The lowest BCUT2D eigenvalue weighted by molar-refractivity contribution is -0.123. The molecule has 2 amide bonds. The van der Waals surface area contributed by atoms with Gasteiger partial charge in [0, 0.05) is 16.5 Å². The summed E-state index contributed by atoms with van der Waals surface area (Å²) >= 11 is 6.84. The molecular formula is C24H22Br2N2O4. The summed E-state index contributed by atoms with van der Waals surface area (Å²) in [5, 5.41) is 0. The van der Waals surface area contributed by atoms with Gasteiger partial charge in [-0.15, -0.1) is 0 Å². The van der Waals surface area contributed by atoms with Crippen molar-refractivity contribution in [2.75, 3.05) is 13.2 Å². The molecule has 32 heavy (non-hydrogen) atoms. The third-order valence-electron chi connectivity index (χ3n) is 4.50. The molecule has 166 valence electrons. The van der Waals surface area contributed by atoms with Crippen LogP contribution >= 0.6 is 31.9 Å². The van der Waals surface area contributed by atoms with Crippen LogP contribution in [0.1, 0.15) is 21.5 Å². The van der Waals surface area contributed by atoms with Crippen molar-refractivity contribution >= 4 is 43.7 Å². The zero-order chi connectivity index (χ0) is 22.9. The summed E-state index contributed by atoms with van der Waals surface area (Å²) < 4.78 is 12.8. The number of aryl methyl sites for hydroxylation is 1. The van der Waals surface area contributed by atoms with E-state index in [-0.39, 0.29) is 6.61 Å². The Morgan fingerprint density at radius 3 is 2.38 bits per heavy atom. The first kappa shape index (κ1) is 23.8. The van der Waals surface area contributed by atoms with Crippen LogP contribution in [-0.4, -0.2) is 25.0 Å². The van der Waals surface area contributed by atoms with Crippen LogP contribution in [-0.2, 0) is 11.2 Å². The van der Waals surface area contributed by atoms with Crippen molar-refractivity contribution in [2.45, 2.75) is 13.3 Å². The Morgan fingerprint density at radius 2 is 1.66 bits per heavy atom. The van der Waals surface area contributed by atoms with Gasteiger partial charge in [0.2, 0.25) is 0 Å². The van der Waals surface area contributed by atoms with E-state index in [9.17, 15) is 9.59 Å². The number of ether oxygens (including phenoxy) is 2. The van der Waals surface area contributed by atoms with E-state index >= 15 is 0 Å². The summed E-state index contributed by atoms with van der Waals surface area (Å²) in [6.07, 6.45) is 0.781. The zero-order valence-electron chi connectivity index (χ0n) is 17.4. The number of carbonyl (C=O) groups excluding carboxylic acids is 2. The summed E-state index contributed by atoms with van der Waals surface area (Å²) in [5.74, 6) is 0.284. The first-order chi connectivity index (χ1) is 15.4. The van der Waals surface area contributed by atoms with Crippen molar-refractivity contribution in [3.63, 3.8) is 0 Å². The van der Waals surface area contributed by atoms with E-state index in [0.717, 1.165) is 16.5 Å². The fraction of sp³-hybridized carbons (Fsp3) is 0.167. The summed E-state index contributed by atoms with van der Waals surface area (Å²) in [4.78, 5) is 24.3. The van der Waals surface area contributed by atoms with Crippen LogP contribution in [0.3, 0.4) is 0 Å². The molecule has 0 aromatic heterocycles. The monoisotopic (exact) mass is 560 g/mol. The van der Waals surface area contributed by atoms with E-state index in [1.165, 1.54) is 5.56 Å². The number of carbonyl (C=O) groups is 2. The molecule has 8 heteroatoms. The standard InChI is InChI=1S/C24H22Br2N2O4/c1-16-13-19(8-9-20(16)25)32-15-23(29)27-28-24(30)18-7-10-22(21(26)14-18)31-12-11-17-5-3-2-4-6-17/h2-10,13-14H,11-12,15H2,1H3,(H,27,29)(H,28,30). The number of nitrogens with one attached hydrogen (secondary N) is 2. The maximum absolute atomic E-state index is 12.3. The molecule has 2 N–H and O–H groups in total. The Kier molecular flexibility index (Phi) is 8.70. The van der Waals surface area contributed by atoms with Crippen molar-refractivity contribution in [1.29, 1.82) is 0 Å². The largest absolute Gasteiger partial charge is 0.492 e. The Bertz CT molecular complexity index is 1090. The molecule has 0 aliphatic rings. The summed E-state index contributed by atoms with van der Waals surface area (Å²) in [6.45, 7) is 2.22. The van der Waals surface area contributed by atoms with Crippen molar-refractivity contribution in [3.8, 4) is 11.5 Å². The molecule has 3 aromatic rings. The highest BCUT2D eigenvalue weighted by Crippen LogP contribution is 2.26. The van der Waals surface area contributed by atoms with E-state index in [1.54, 1.807) is 24.3 Å². The number of hydrogen-bond donors (Lipinski definition) is 2. The Labute approximate surface area is 203 Å². The second-order valence-corrected chi connectivity index (χ2v) is 8.64. The highest BCUT2D eigenvalue weighted by molar-refractivity contribution is 9.10. The minimum Gasteiger partial charge on any atom is -0.492 e. The predicted molar refractivity (Wildman–Crippen MR) is 130 cm³/mol. The summed E-state index contributed by atoms with van der Waals surface area (Å²) in [7, 11) is 0. The van der Waals surface area contributed by atoms with E-state index in [4.69, 9.17) is 9.47 Å². The summed E-state index contributed by atoms with van der Waals surface area (Å²) in [5.41, 5.74) is 7.28. The van der Waals surface area contributed by atoms with E-state index < -0.39 is 11.8 Å². The fourth-order valence-corrected chi connectivity index (χ4v) is 3.51. The van der Waals surface area contributed by atoms with Gasteiger partial charge < -0.3 is 9.47 Å². The highest BCUT2D eigenvalue weighted by atomic mass is 79.9. The van der Waals surface area contributed by atoms with Gasteiger partial charge in [0.15, 0.2) is 6.61 Å². The molecule has 3 rings (SSSR count). The first-order valence-corrected chi connectivity index (χ1v) is 11.5. The van der Waals surface area contributed by atoms with Gasteiger partial charge in [-0.05, 0) is 70.4 Å². The van der Waals surface area contributed by atoms with Crippen molar-refractivity contribution < 1.29 is 19.1 Å². The molecule has 0 saturated heterocycles. The molecule has 0 radical (unpaired) electrons. The second kappa shape index (κ2) is 11.7.